The molecule has 2 aromatic rings. The topological polar surface area (TPSA) is 95.6 Å². The van der Waals surface area contributed by atoms with Crippen LogP contribution in [-0.2, 0) is 14.8 Å². The van der Waals surface area contributed by atoms with Crippen LogP contribution in [0.1, 0.15) is 41.6 Å². The van der Waals surface area contributed by atoms with Gasteiger partial charge in [0.2, 0.25) is 5.91 Å². The van der Waals surface area contributed by atoms with E-state index in [9.17, 15) is 18.0 Å². The van der Waals surface area contributed by atoms with Crippen LogP contribution in [0, 0.1) is 12.8 Å². The Labute approximate surface area is 182 Å². The molecule has 1 aliphatic heterocycles. The first kappa shape index (κ1) is 21.4. The minimum Gasteiger partial charge on any atom is -0.353 e. The molecular weight excluding hydrogens is 414 g/mol. The van der Waals surface area contributed by atoms with Gasteiger partial charge in [0.15, 0.2) is 0 Å². The summed E-state index contributed by atoms with van der Waals surface area (Å²) in [5.74, 6) is -0.360. The zero-order valence-corrected chi connectivity index (χ0v) is 18.3. The third-order valence-corrected chi connectivity index (χ3v) is 7.09. The van der Waals surface area contributed by atoms with Crippen LogP contribution in [-0.4, -0.2) is 44.3 Å². The lowest BCUT2D eigenvalue weighted by molar-refractivity contribution is -0.126. The first-order chi connectivity index (χ1) is 14.8. The maximum atomic E-state index is 13.0. The van der Waals surface area contributed by atoms with Crippen molar-refractivity contribution in [3.8, 4) is 0 Å². The van der Waals surface area contributed by atoms with Gasteiger partial charge in [-0.1, -0.05) is 23.8 Å². The largest absolute Gasteiger partial charge is 0.353 e. The van der Waals surface area contributed by atoms with Crippen molar-refractivity contribution in [2.45, 2.75) is 43.5 Å². The number of carbonyl (C=O) groups excluding carboxylic acids is 2. The summed E-state index contributed by atoms with van der Waals surface area (Å²) < 4.78 is 27.9. The Morgan fingerprint density at radius 3 is 2.48 bits per heavy atom. The summed E-state index contributed by atoms with van der Waals surface area (Å²) in [7, 11) is -3.75. The number of nitrogens with one attached hydrogen (secondary N) is 2. The molecule has 7 nitrogen and oxygen atoms in total. The Kier molecular flexibility index (Phi) is 6.00. The number of likely N-dealkylation sites (tertiary alicyclic amines) is 1. The van der Waals surface area contributed by atoms with Gasteiger partial charge in [-0.05, 0) is 62.9 Å². The lowest BCUT2D eigenvalue weighted by atomic mass is 9.96. The zero-order chi connectivity index (χ0) is 22.0. The standard InChI is InChI=1S/C23H27N3O4S/c1-16-7-11-21(12-8-16)31(29,30)25-20-6-2-4-17(14-20)23(28)26-13-3-5-18(15-26)22(27)24-19-9-10-19/h2,4,6-8,11-12,14,18-19,25H,3,5,9-10,13,15H2,1H3,(H,24,27). The molecule has 1 aliphatic carbocycles. The summed E-state index contributed by atoms with van der Waals surface area (Å²) in [5.41, 5.74) is 1.69. The van der Waals surface area contributed by atoms with Crippen LogP contribution in [0.4, 0.5) is 5.69 Å². The lowest BCUT2D eigenvalue weighted by Gasteiger charge is -2.32. The van der Waals surface area contributed by atoms with Crippen molar-refractivity contribution < 1.29 is 18.0 Å². The van der Waals surface area contributed by atoms with E-state index in [-0.39, 0.29) is 22.6 Å². The summed E-state index contributed by atoms with van der Waals surface area (Å²) in [6.07, 6.45) is 3.62. The predicted octanol–water partition coefficient (Wildman–Crippen LogP) is 2.93. The van der Waals surface area contributed by atoms with E-state index in [0.717, 1.165) is 31.2 Å². The summed E-state index contributed by atoms with van der Waals surface area (Å²) in [6.45, 7) is 2.86. The molecule has 4 rings (SSSR count). The highest BCUT2D eigenvalue weighted by molar-refractivity contribution is 7.92. The molecule has 2 aromatic carbocycles. The van der Waals surface area contributed by atoms with Gasteiger partial charge in [0.1, 0.15) is 0 Å². The fraction of sp³-hybridized carbons (Fsp3) is 0.391. The highest BCUT2D eigenvalue weighted by atomic mass is 32.2. The van der Waals surface area contributed by atoms with Crippen molar-refractivity contribution in [1.29, 1.82) is 0 Å². The number of hydrogen-bond donors (Lipinski definition) is 2. The number of benzene rings is 2. The van der Waals surface area contributed by atoms with Gasteiger partial charge in [0, 0.05) is 30.4 Å². The highest BCUT2D eigenvalue weighted by Gasteiger charge is 2.32. The first-order valence-corrected chi connectivity index (χ1v) is 12.1. The molecule has 2 fully saturated rings. The Hall–Kier alpha value is -2.87. The zero-order valence-electron chi connectivity index (χ0n) is 17.5. The molecule has 0 spiro atoms. The molecule has 0 bridgehead atoms. The average molecular weight is 442 g/mol. The van der Waals surface area contributed by atoms with Gasteiger partial charge in [-0.25, -0.2) is 8.42 Å². The summed E-state index contributed by atoms with van der Waals surface area (Å²) >= 11 is 0. The van der Waals surface area contributed by atoms with Crippen molar-refractivity contribution in [3.05, 3.63) is 59.7 Å². The second-order valence-corrected chi connectivity index (χ2v) is 10.1. The van der Waals surface area contributed by atoms with E-state index < -0.39 is 10.0 Å². The minimum atomic E-state index is -3.75. The number of sulfonamides is 1. The van der Waals surface area contributed by atoms with E-state index in [1.54, 1.807) is 53.4 Å². The first-order valence-electron chi connectivity index (χ1n) is 10.6. The summed E-state index contributed by atoms with van der Waals surface area (Å²) in [4.78, 5) is 27.3. The molecule has 2 N–H and O–H groups in total. The van der Waals surface area contributed by atoms with Crippen LogP contribution in [0.25, 0.3) is 0 Å². The fourth-order valence-corrected chi connectivity index (χ4v) is 4.80. The van der Waals surface area contributed by atoms with Crippen LogP contribution in [0.15, 0.2) is 53.4 Å². The highest BCUT2D eigenvalue weighted by Crippen LogP contribution is 2.24. The molecule has 164 valence electrons. The third-order valence-electron chi connectivity index (χ3n) is 5.70. The second kappa shape index (κ2) is 8.70. The van der Waals surface area contributed by atoms with Gasteiger partial charge in [-0.15, -0.1) is 0 Å². The van der Waals surface area contributed by atoms with Crippen molar-refractivity contribution in [3.63, 3.8) is 0 Å². The fourth-order valence-electron chi connectivity index (χ4n) is 3.75. The van der Waals surface area contributed by atoms with E-state index in [4.69, 9.17) is 0 Å². The average Bonchev–Trinajstić information content (AvgIpc) is 3.57. The van der Waals surface area contributed by atoms with Crippen molar-refractivity contribution in [1.82, 2.24) is 10.2 Å². The number of amides is 2. The maximum Gasteiger partial charge on any atom is 0.261 e. The monoisotopic (exact) mass is 441 g/mol. The van der Waals surface area contributed by atoms with Crippen molar-refractivity contribution in [2.24, 2.45) is 5.92 Å². The molecule has 0 radical (unpaired) electrons. The van der Waals surface area contributed by atoms with Crippen LogP contribution < -0.4 is 10.0 Å². The van der Waals surface area contributed by atoms with E-state index in [1.165, 1.54) is 0 Å². The normalized spacial score (nSPS) is 19.0. The molecule has 1 saturated carbocycles. The van der Waals surface area contributed by atoms with E-state index >= 15 is 0 Å². The number of rotatable bonds is 6. The molecular formula is C23H27N3O4S. The molecule has 1 heterocycles. The quantitative estimate of drug-likeness (QED) is 0.721. The Bertz CT molecular complexity index is 1080. The van der Waals surface area contributed by atoms with E-state index in [1.807, 2.05) is 6.92 Å². The number of nitrogens with zero attached hydrogens (tertiary/aromatic N) is 1. The second-order valence-electron chi connectivity index (χ2n) is 8.37. The Morgan fingerprint density at radius 2 is 1.77 bits per heavy atom. The maximum absolute atomic E-state index is 13.0. The molecule has 1 unspecified atom stereocenters. The van der Waals surface area contributed by atoms with E-state index in [0.29, 0.717) is 30.4 Å². The molecule has 8 heteroatoms. The van der Waals surface area contributed by atoms with Crippen molar-refractivity contribution in [2.75, 3.05) is 17.8 Å². The molecule has 0 aromatic heterocycles. The van der Waals surface area contributed by atoms with Gasteiger partial charge in [-0.2, -0.15) is 0 Å². The Balaban J connectivity index is 1.45. The van der Waals surface area contributed by atoms with E-state index in [2.05, 4.69) is 10.0 Å². The molecule has 2 aliphatic rings. The van der Waals surface area contributed by atoms with Crippen molar-refractivity contribution >= 4 is 27.5 Å². The number of hydrogen-bond acceptors (Lipinski definition) is 4. The molecule has 31 heavy (non-hydrogen) atoms. The van der Waals surface area contributed by atoms with Crippen LogP contribution in [0.5, 0.6) is 0 Å². The van der Waals surface area contributed by atoms with Gasteiger partial charge < -0.3 is 10.2 Å². The number of aryl methyl sites for hydroxylation is 1. The Morgan fingerprint density at radius 1 is 1.03 bits per heavy atom. The van der Waals surface area contributed by atoms with Gasteiger partial charge >= 0.3 is 0 Å². The van der Waals surface area contributed by atoms with Gasteiger partial charge in [0.25, 0.3) is 15.9 Å². The van der Waals surface area contributed by atoms with Crippen LogP contribution in [0.3, 0.4) is 0 Å². The summed E-state index contributed by atoms with van der Waals surface area (Å²) in [6, 6.07) is 13.4. The molecule has 2 amide bonds. The van der Waals surface area contributed by atoms with Crippen LogP contribution in [0.2, 0.25) is 0 Å². The van der Waals surface area contributed by atoms with Crippen LogP contribution >= 0.6 is 0 Å². The lowest BCUT2D eigenvalue weighted by Crippen LogP contribution is -2.45. The number of carbonyl (C=O) groups is 2. The SMILES string of the molecule is Cc1ccc(S(=O)(=O)Nc2cccc(C(=O)N3CCCC(C(=O)NC4CC4)C3)c2)cc1. The molecule has 1 saturated heterocycles. The number of piperidine rings is 1. The summed E-state index contributed by atoms with van der Waals surface area (Å²) in [5, 5.41) is 3.02. The van der Waals surface area contributed by atoms with Gasteiger partial charge in [0.05, 0.1) is 10.8 Å². The van der Waals surface area contributed by atoms with Gasteiger partial charge in [-0.3, -0.25) is 14.3 Å². The number of anilines is 1. The molecule has 1 atom stereocenters. The smallest absolute Gasteiger partial charge is 0.261 e. The minimum absolute atomic E-state index is 0.0274. The third kappa shape index (κ3) is 5.25. The predicted molar refractivity (Wildman–Crippen MR) is 118 cm³/mol.